The molecule has 1 heterocycles. The highest BCUT2D eigenvalue weighted by Crippen LogP contribution is 2.06. The lowest BCUT2D eigenvalue weighted by molar-refractivity contribution is -0.128. The molecule has 1 aromatic rings. The van der Waals surface area contributed by atoms with Crippen molar-refractivity contribution in [3.05, 3.63) is 24.2 Å². The lowest BCUT2D eigenvalue weighted by Gasteiger charge is -2.12. The molecule has 18 heavy (non-hydrogen) atoms. The highest BCUT2D eigenvalue weighted by atomic mass is 16.3. The Morgan fingerprint density at radius 1 is 1.28 bits per heavy atom. The summed E-state index contributed by atoms with van der Waals surface area (Å²) < 4.78 is 5.08. The van der Waals surface area contributed by atoms with Crippen LogP contribution < -0.4 is 10.6 Å². The molecule has 0 fully saturated rings. The Morgan fingerprint density at radius 3 is 2.56 bits per heavy atom. The van der Waals surface area contributed by atoms with Crippen molar-refractivity contribution in [2.45, 2.75) is 33.2 Å². The highest BCUT2D eigenvalue weighted by Gasteiger charge is 2.14. The largest absolute Gasteiger partial charge is 0.467 e. The van der Waals surface area contributed by atoms with Crippen LogP contribution in [-0.2, 0) is 16.1 Å². The van der Waals surface area contributed by atoms with Crippen LogP contribution in [0.25, 0.3) is 0 Å². The van der Waals surface area contributed by atoms with E-state index >= 15 is 0 Å². The predicted molar refractivity (Wildman–Crippen MR) is 67.6 cm³/mol. The average molecular weight is 252 g/mol. The number of hydrogen-bond donors (Lipinski definition) is 2. The number of hydrogen-bond acceptors (Lipinski definition) is 3. The van der Waals surface area contributed by atoms with Crippen LogP contribution in [-0.4, -0.2) is 18.4 Å². The molecule has 0 aliphatic carbocycles. The lowest BCUT2D eigenvalue weighted by atomic mass is 10.0. The number of nitrogens with one attached hydrogen (secondary N) is 2. The molecule has 0 bridgehead atoms. The van der Waals surface area contributed by atoms with Gasteiger partial charge in [-0.25, -0.2) is 0 Å². The van der Waals surface area contributed by atoms with E-state index in [4.69, 9.17) is 4.42 Å². The maximum absolute atomic E-state index is 11.6. The van der Waals surface area contributed by atoms with Crippen molar-refractivity contribution in [3.8, 4) is 0 Å². The van der Waals surface area contributed by atoms with Crippen LogP contribution in [0, 0.1) is 5.92 Å². The van der Waals surface area contributed by atoms with Crippen LogP contribution in [0.15, 0.2) is 22.8 Å². The summed E-state index contributed by atoms with van der Waals surface area (Å²) in [5, 5.41) is 5.30. The van der Waals surface area contributed by atoms with Crippen molar-refractivity contribution in [1.29, 1.82) is 0 Å². The summed E-state index contributed by atoms with van der Waals surface area (Å²) in [6, 6.07) is 3.54. The Hall–Kier alpha value is -1.78. The Bertz CT molecular complexity index is 370. The minimum Gasteiger partial charge on any atom is -0.467 e. The van der Waals surface area contributed by atoms with Gasteiger partial charge < -0.3 is 15.1 Å². The summed E-state index contributed by atoms with van der Waals surface area (Å²) in [5.41, 5.74) is 0. The zero-order valence-corrected chi connectivity index (χ0v) is 10.9. The van der Waals surface area contributed by atoms with Gasteiger partial charge in [-0.1, -0.05) is 13.8 Å². The first-order chi connectivity index (χ1) is 8.67. The highest BCUT2D eigenvalue weighted by molar-refractivity contribution is 5.85. The Kier molecular flexibility index (Phi) is 5.97. The van der Waals surface area contributed by atoms with Gasteiger partial charge in [-0.05, 0) is 25.0 Å². The van der Waals surface area contributed by atoms with Crippen LogP contribution in [0.2, 0.25) is 0 Å². The SMILES string of the molecule is CCC(CC)C(=O)NCC(=O)NCc1ccco1. The van der Waals surface area contributed by atoms with Gasteiger partial charge in [-0.15, -0.1) is 0 Å². The quantitative estimate of drug-likeness (QED) is 0.771. The van der Waals surface area contributed by atoms with E-state index in [-0.39, 0.29) is 24.3 Å². The van der Waals surface area contributed by atoms with Crippen LogP contribution >= 0.6 is 0 Å². The van der Waals surface area contributed by atoms with Crippen molar-refractivity contribution in [1.82, 2.24) is 10.6 Å². The molecule has 0 radical (unpaired) electrons. The molecule has 0 aliphatic heterocycles. The van der Waals surface area contributed by atoms with Crippen molar-refractivity contribution >= 4 is 11.8 Å². The summed E-state index contributed by atoms with van der Waals surface area (Å²) in [7, 11) is 0. The molecule has 0 saturated heterocycles. The number of amides is 2. The van der Waals surface area contributed by atoms with E-state index in [1.165, 1.54) is 0 Å². The molecule has 5 heteroatoms. The molecule has 0 atom stereocenters. The molecule has 2 N–H and O–H groups in total. The molecule has 0 unspecified atom stereocenters. The third-order valence-electron chi connectivity index (χ3n) is 2.82. The number of carbonyl (C=O) groups is 2. The standard InChI is InChI=1S/C13H20N2O3/c1-3-10(4-2)13(17)15-9-12(16)14-8-11-6-5-7-18-11/h5-7,10H,3-4,8-9H2,1-2H3,(H,14,16)(H,15,17). The second-order valence-corrected chi connectivity index (χ2v) is 4.09. The molecule has 5 nitrogen and oxygen atoms in total. The molecule has 2 amide bonds. The van der Waals surface area contributed by atoms with E-state index in [1.807, 2.05) is 13.8 Å². The van der Waals surface area contributed by atoms with E-state index in [1.54, 1.807) is 18.4 Å². The molecule has 0 aromatic carbocycles. The second kappa shape index (κ2) is 7.53. The third-order valence-corrected chi connectivity index (χ3v) is 2.82. The van der Waals surface area contributed by atoms with E-state index in [9.17, 15) is 9.59 Å². The van der Waals surface area contributed by atoms with Crippen LogP contribution in [0.4, 0.5) is 0 Å². The molecule has 0 saturated carbocycles. The van der Waals surface area contributed by atoms with Gasteiger partial charge in [0.15, 0.2) is 0 Å². The maximum atomic E-state index is 11.6. The minimum absolute atomic E-state index is 0.00996. The van der Waals surface area contributed by atoms with Crippen molar-refractivity contribution < 1.29 is 14.0 Å². The van der Waals surface area contributed by atoms with Crippen molar-refractivity contribution in [2.75, 3.05) is 6.54 Å². The van der Waals surface area contributed by atoms with E-state index < -0.39 is 0 Å². The molecular weight excluding hydrogens is 232 g/mol. The molecular formula is C13H20N2O3. The second-order valence-electron chi connectivity index (χ2n) is 4.09. The summed E-state index contributed by atoms with van der Waals surface area (Å²) in [6.07, 6.45) is 3.13. The topological polar surface area (TPSA) is 71.3 Å². The zero-order valence-electron chi connectivity index (χ0n) is 10.9. The summed E-state index contributed by atoms with van der Waals surface area (Å²) in [5.74, 6) is 0.399. The first-order valence-electron chi connectivity index (χ1n) is 6.24. The number of rotatable bonds is 7. The monoisotopic (exact) mass is 252 g/mol. The van der Waals surface area contributed by atoms with Crippen LogP contribution in [0.1, 0.15) is 32.4 Å². The first kappa shape index (κ1) is 14.3. The van der Waals surface area contributed by atoms with Gasteiger partial charge in [0.1, 0.15) is 5.76 Å². The normalized spacial score (nSPS) is 10.4. The Labute approximate surface area is 107 Å². The molecule has 1 aromatic heterocycles. The van der Waals surface area contributed by atoms with Gasteiger partial charge >= 0.3 is 0 Å². The predicted octanol–water partition coefficient (Wildman–Crippen LogP) is 1.45. The van der Waals surface area contributed by atoms with Crippen molar-refractivity contribution in [2.24, 2.45) is 5.92 Å². The average Bonchev–Trinajstić information content (AvgIpc) is 2.88. The minimum atomic E-state index is -0.217. The number of carbonyl (C=O) groups excluding carboxylic acids is 2. The fourth-order valence-electron chi connectivity index (χ4n) is 1.63. The van der Waals surface area contributed by atoms with Gasteiger partial charge in [0.2, 0.25) is 11.8 Å². The van der Waals surface area contributed by atoms with E-state index in [0.29, 0.717) is 12.3 Å². The van der Waals surface area contributed by atoms with Crippen LogP contribution in [0.3, 0.4) is 0 Å². The molecule has 100 valence electrons. The van der Waals surface area contributed by atoms with Crippen LogP contribution in [0.5, 0.6) is 0 Å². The molecule has 0 spiro atoms. The van der Waals surface area contributed by atoms with Gasteiger partial charge in [0.25, 0.3) is 0 Å². The Balaban J connectivity index is 2.22. The summed E-state index contributed by atoms with van der Waals surface area (Å²) in [6.45, 7) is 4.28. The summed E-state index contributed by atoms with van der Waals surface area (Å²) in [4.78, 5) is 23.1. The van der Waals surface area contributed by atoms with Gasteiger partial charge in [-0.3, -0.25) is 9.59 Å². The zero-order chi connectivity index (χ0) is 13.4. The maximum Gasteiger partial charge on any atom is 0.239 e. The van der Waals surface area contributed by atoms with E-state index in [0.717, 1.165) is 12.8 Å². The Morgan fingerprint density at radius 2 is 2.00 bits per heavy atom. The lowest BCUT2D eigenvalue weighted by Crippen LogP contribution is -2.39. The van der Waals surface area contributed by atoms with Gasteiger partial charge in [-0.2, -0.15) is 0 Å². The van der Waals surface area contributed by atoms with Gasteiger partial charge in [0.05, 0.1) is 19.4 Å². The van der Waals surface area contributed by atoms with E-state index in [2.05, 4.69) is 10.6 Å². The summed E-state index contributed by atoms with van der Waals surface area (Å²) >= 11 is 0. The fraction of sp³-hybridized carbons (Fsp3) is 0.538. The number of furan rings is 1. The first-order valence-corrected chi connectivity index (χ1v) is 6.24. The van der Waals surface area contributed by atoms with Gasteiger partial charge in [0, 0.05) is 5.92 Å². The fourth-order valence-corrected chi connectivity index (χ4v) is 1.63. The molecule has 1 rings (SSSR count). The molecule has 0 aliphatic rings. The third kappa shape index (κ3) is 4.61. The smallest absolute Gasteiger partial charge is 0.239 e. The van der Waals surface area contributed by atoms with Crippen molar-refractivity contribution in [3.63, 3.8) is 0 Å².